The topological polar surface area (TPSA) is 76.0 Å². The van der Waals surface area contributed by atoms with E-state index in [9.17, 15) is 10.1 Å². The molecule has 1 amide bonds. The Labute approximate surface area is 222 Å². The molecule has 0 spiro atoms. The Hall–Kier alpha value is -3.92. The number of likely N-dealkylation sites (N-methyl/N-ethyl adjacent to an activating group) is 1. The van der Waals surface area contributed by atoms with Gasteiger partial charge in [0.25, 0.3) is 0 Å². The molecule has 0 bridgehead atoms. The van der Waals surface area contributed by atoms with E-state index in [1.165, 1.54) is 11.1 Å². The zero-order valence-corrected chi connectivity index (χ0v) is 21.4. The van der Waals surface area contributed by atoms with Crippen molar-refractivity contribution in [3.8, 4) is 6.07 Å². The number of nitrogens with zero attached hydrogens (tertiary/aromatic N) is 4. The van der Waals surface area contributed by atoms with Gasteiger partial charge in [-0.25, -0.2) is 4.98 Å². The van der Waals surface area contributed by atoms with Crippen LogP contribution in [0.4, 0.5) is 0 Å². The number of carbonyl (C=O) groups excluding carboxylic acids is 1. The number of nitriles is 1. The van der Waals surface area contributed by atoms with Crippen LogP contribution in [0.2, 0.25) is 5.02 Å². The van der Waals surface area contributed by atoms with Crippen molar-refractivity contribution in [2.75, 3.05) is 7.05 Å². The van der Waals surface area contributed by atoms with Crippen LogP contribution in [-0.2, 0) is 30.7 Å². The van der Waals surface area contributed by atoms with Gasteiger partial charge < -0.3 is 9.88 Å². The molecule has 37 heavy (non-hydrogen) atoms. The second-order valence-corrected chi connectivity index (χ2v) is 9.96. The summed E-state index contributed by atoms with van der Waals surface area (Å²) < 4.78 is 0. The molecule has 6 nitrogen and oxygen atoms in total. The number of aromatic amines is 1. The predicted octanol–water partition coefficient (Wildman–Crippen LogP) is 5.30. The molecule has 0 saturated carbocycles. The van der Waals surface area contributed by atoms with Gasteiger partial charge in [0.1, 0.15) is 0 Å². The monoisotopic (exact) mass is 509 g/mol. The van der Waals surface area contributed by atoms with Crippen molar-refractivity contribution in [1.82, 2.24) is 19.8 Å². The summed E-state index contributed by atoms with van der Waals surface area (Å²) in [6, 6.07) is 25.4. The quantitative estimate of drug-likeness (QED) is 0.366. The van der Waals surface area contributed by atoms with Crippen LogP contribution in [0.3, 0.4) is 0 Å². The summed E-state index contributed by atoms with van der Waals surface area (Å²) in [5.74, 6) is 0.0684. The lowest BCUT2D eigenvalue weighted by Gasteiger charge is -2.42. The maximum atomic E-state index is 14.0. The Bertz CT molecular complexity index is 1410. The third-order valence-electron chi connectivity index (χ3n) is 7.05. The molecule has 1 N–H and O–H groups in total. The van der Waals surface area contributed by atoms with Gasteiger partial charge in [-0.05, 0) is 59.4 Å². The number of carbonyl (C=O) groups is 1. The molecule has 2 heterocycles. The molecule has 1 aliphatic rings. The van der Waals surface area contributed by atoms with E-state index >= 15 is 0 Å². The largest absolute Gasteiger partial charge is 0.347 e. The Balaban J connectivity index is 1.48. The molecular formula is C30H28ClN5O. The smallest absolute Gasteiger partial charge is 0.240 e. The summed E-state index contributed by atoms with van der Waals surface area (Å²) in [6.45, 7) is 1.13. The van der Waals surface area contributed by atoms with E-state index in [4.69, 9.17) is 11.6 Å². The maximum absolute atomic E-state index is 14.0. The average molecular weight is 510 g/mol. The zero-order chi connectivity index (χ0) is 25.8. The molecular weight excluding hydrogens is 482 g/mol. The Morgan fingerprint density at radius 3 is 2.62 bits per heavy atom. The first-order valence-corrected chi connectivity index (χ1v) is 12.7. The van der Waals surface area contributed by atoms with Gasteiger partial charge in [-0.15, -0.1) is 0 Å². The molecule has 5 rings (SSSR count). The summed E-state index contributed by atoms with van der Waals surface area (Å²) in [5.41, 5.74) is 6.11. The van der Waals surface area contributed by atoms with Crippen molar-refractivity contribution >= 4 is 17.5 Å². The predicted molar refractivity (Wildman–Crippen MR) is 144 cm³/mol. The number of imidazole rings is 1. The normalized spacial score (nSPS) is 16.0. The van der Waals surface area contributed by atoms with Gasteiger partial charge in [-0.3, -0.25) is 9.69 Å². The van der Waals surface area contributed by atoms with Crippen molar-refractivity contribution in [2.24, 2.45) is 0 Å². The van der Waals surface area contributed by atoms with Crippen molar-refractivity contribution in [3.63, 3.8) is 0 Å². The van der Waals surface area contributed by atoms with E-state index in [1.54, 1.807) is 11.2 Å². The summed E-state index contributed by atoms with van der Waals surface area (Å²) in [7, 11) is 1.85. The minimum Gasteiger partial charge on any atom is -0.347 e. The molecule has 4 aromatic rings. The molecule has 186 valence electrons. The zero-order valence-electron chi connectivity index (χ0n) is 20.6. The van der Waals surface area contributed by atoms with E-state index in [1.807, 2.05) is 67.8 Å². The molecule has 1 aliphatic heterocycles. The minimum atomic E-state index is -0.342. The second kappa shape index (κ2) is 11.0. The Kier molecular flexibility index (Phi) is 7.36. The number of H-pyrrole nitrogens is 1. The molecule has 0 aliphatic carbocycles. The van der Waals surface area contributed by atoms with E-state index in [0.717, 1.165) is 16.8 Å². The summed E-state index contributed by atoms with van der Waals surface area (Å²) >= 11 is 6.19. The van der Waals surface area contributed by atoms with Gasteiger partial charge >= 0.3 is 0 Å². The van der Waals surface area contributed by atoms with E-state index < -0.39 is 0 Å². The number of benzene rings is 3. The standard InChI is InChI=1S/C30H28ClN5O/c1-35(18-23-5-4-8-26(31)13-23)30(37)29-15-24-6-2-3-7-25(24)19-36(29)28(27-17-33-20-34-27)14-21-9-11-22(16-32)12-10-21/h2-13,17,20,28-29H,14-15,18-19H2,1H3,(H,33,34)/t28?,29-/m0/s1. The van der Waals surface area contributed by atoms with Crippen molar-refractivity contribution < 1.29 is 4.79 Å². The number of fused-ring (bicyclic) bond motifs is 1. The summed E-state index contributed by atoms with van der Waals surface area (Å²) in [5, 5.41) is 9.87. The third-order valence-corrected chi connectivity index (χ3v) is 7.28. The second-order valence-electron chi connectivity index (χ2n) is 9.52. The van der Waals surface area contributed by atoms with Crippen LogP contribution in [0, 0.1) is 11.3 Å². The van der Waals surface area contributed by atoms with Crippen LogP contribution in [0.15, 0.2) is 85.3 Å². The molecule has 0 fully saturated rings. The fourth-order valence-corrected chi connectivity index (χ4v) is 5.35. The molecule has 3 aromatic carbocycles. The lowest BCUT2D eigenvalue weighted by Crippen LogP contribution is -2.52. The fraction of sp³-hybridized carbons (Fsp3) is 0.233. The number of halogens is 1. The summed E-state index contributed by atoms with van der Waals surface area (Å²) in [4.78, 5) is 25.7. The number of amides is 1. The van der Waals surface area contributed by atoms with Crippen LogP contribution >= 0.6 is 11.6 Å². The van der Waals surface area contributed by atoms with Gasteiger partial charge in [-0.2, -0.15) is 5.26 Å². The first-order chi connectivity index (χ1) is 18.0. The molecule has 0 radical (unpaired) electrons. The Morgan fingerprint density at radius 1 is 1.14 bits per heavy atom. The lowest BCUT2D eigenvalue weighted by molar-refractivity contribution is -0.138. The van der Waals surface area contributed by atoms with Crippen LogP contribution in [0.5, 0.6) is 0 Å². The lowest BCUT2D eigenvalue weighted by atomic mass is 9.89. The molecule has 1 aromatic heterocycles. The van der Waals surface area contributed by atoms with Crippen molar-refractivity contribution in [1.29, 1.82) is 5.26 Å². The van der Waals surface area contributed by atoms with Gasteiger partial charge in [0, 0.05) is 31.4 Å². The highest BCUT2D eigenvalue weighted by molar-refractivity contribution is 6.30. The Morgan fingerprint density at radius 2 is 1.92 bits per heavy atom. The van der Waals surface area contributed by atoms with Crippen LogP contribution in [0.1, 0.15) is 39.6 Å². The molecule has 1 unspecified atom stereocenters. The van der Waals surface area contributed by atoms with Gasteiger partial charge in [0.15, 0.2) is 0 Å². The van der Waals surface area contributed by atoms with Crippen LogP contribution < -0.4 is 0 Å². The van der Waals surface area contributed by atoms with Crippen molar-refractivity contribution in [2.45, 2.75) is 38.0 Å². The third kappa shape index (κ3) is 5.59. The van der Waals surface area contributed by atoms with E-state index in [2.05, 4.69) is 39.1 Å². The highest BCUT2D eigenvalue weighted by Gasteiger charge is 2.38. The highest BCUT2D eigenvalue weighted by atomic mass is 35.5. The molecule has 2 atom stereocenters. The van der Waals surface area contributed by atoms with Gasteiger partial charge in [0.05, 0.1) is 35.7 Å². The number of rotatable bonds is 7. The summed E-state index contributed by atoms with van der Waals surface area (Å²) in [6.07, 6.45) is 4.83. The fourth-order valence-electron chi connectivity index (χ4n) is 5.13. The first-order valence-electron chi connectivity index (χ1n) is 12.3. The number of hydrogen-bond acceptors (Lipinski definition) is 4. The highest BCUT2D eigenvalue weighted by Crippen LogP contribution is 2.34. The number of hydrogen-bond donors (Lipinski definition) is 1. The minimum absolute atomic E-state index is 0.0684. The van der Waals surface area contributed by atoms with Gasteiger partial charge in [-0.1, -0.05) is 60.1 Å². The number of nitrogens with one attached hydrogen (secondary N) is 1. The van der Waals surface area contributed by atoms with Crippen molar-refractivity contribution in [3.05, 3.63) is 124 Å². The van der Waals surface area contributed by atoms with Crippen LogP contribution in [0.25, 0.3) is 0 Å². The van der Waals surface area contributed by atoms with Crippen LogP contribution in [-0.4, -0.2) is 38.8 Å². The average Bonchev–Trinajstić information content (AvgIpc) is 3.46. The number of aromatic nitrogens is 2. The van der Waals surface area contributed by atoms with E-state index in [-0.39, 0.29) is 18.0 Å². The SMILES string of the molecule is CN(Cc1cccc(Cl)c1)C(=O)[C@@H]1Cc2ccccc2CN1C(Cc1ccc(C#N)cc1)c1cnc[nH]1. The first kappa shape index (κ1) is 24.8. The maximum Gasteiger partial charge on any atom is 0.240 e. The molecule has 0 saturated heterocycles. The van der Waals surface area contributed by atoms with Gasteiger partial charge in [0.2, 0.25) is 5.91 Å². The van der Waals surface area contributed by atoms with E-state index in [0.29, 0.717) is 36.5 Å². The molecule has 7 heteroatoms.